The molecule has 1 aromatic rings. The molecular formula is C13H20N3O2+. The molecule has 0 saturated carbocycles. The van der Waals surface area contributed by atoms with Crippen LogP contribution in [0.4, 0.5) is 4.79 Å². The predicted octanol–water partition coefficient (Wildman–Crippen LogP) is 2.06. The molecular weight excluding hydrogens is 230 g/mol. The fourth-order valence-corrected chi connectivity index (χ4v) is 2.05. The molecule has 2 heterocycles. The van der Waals surface area contributed by atoms with Crippen LogP contribution in [-0.2, 0) is 11.3 Å². The van der Waals surface area contributed by atoms with Crippen molar-refractivity contribution in [3.05, 3.63) is 18.7 Å². The van der Waals surface area contributed by atoms with E-state index in [0.29, 0.717) is 0 Å². The van der Waals surface area contributed by atoms with Crippen LogP contribution in [0.5, 0.6) is 0 Å². The number of rotatable bonds is 2. The molecule has 0 radical (unpaired) electrons. The third kappa shape index (κ3) is 3.18. The number of carbonyl (C=O) groups excluding carboxylic acids is 1. The summed E-state index contributed by atoms with van der Waals surface area (Å²) in [5.74, 6) is 0. The van der Waals surface area contributed by atoms with E-state index in [4.69, 9.17) is 4.74 Å². The van der Waals surface area contributed by atoms with Crippen LogP contribution < -0.4 is 0 Å². The lowest BCUT2D eigenvalue weighted by Crippen LogP contribution is -2.36. The van der Waals surface area contributed by atoms with E-state index in [-0.39, 0.29) is 12.1 Å². The summed E-state index contributed by atoms with van der Waals surface area (Å²) < 4.78 is 9.10. The number of aromatic nitrogens is 2. The first-order valence-electron chi connectivity index (χ1n) is 6.26. The molecule has 1 aliphatic heterocycles. The van der Waals surface area contributed by atoms with Crippen LogP contribution in [0.25, 0.3) is 0 Å². The fraction of sp³-hybridized carbons (Fsp3) is 0.615. The number of hydrogen-bond acceptors (Lipinski definition) is 3. The Bertz CT molecular complexity index is 443. The Labute approximate surface area is 107 Å². The van der Waals surface area contributed by atoms with Crippen molar-refractivity contribution in [2.24, 2.45) is 0 Å². The molecule has 1 aliphatic rings. The first-order chi connectivity index (χ1) is 8.46. The van der Waals surface area contributed by atoms with Gasteiger partial charge in [0, 0.05) is 25.2 Å². The minimum Gasteiger partial charge on any atom is -0.406 e. The predicted molar refractivity (Wildman–Crippen MR) is 67.8 cm³/mol. The number of hydrogen-bond donors (Lipinski definition) is 0. The number of imidazole rings is 1. The van der Waals surface area contributed by atoms with Gasteiger partial charge in [-0.2, -0.15) is 4.79 Å². The number of ether oxygens (including phenoxy) is 1. The molecule has 0 N–H and O–H groups in total. The minimum atomic E-state index is -0.451. The van der Waals surface area contributed by atoms with Gasteiger partial charge in [-0.1, -0.05) is 0 Å². The molecule has 0 aromatic carbocycles. The van der Waals surface area contributed by atoms with Crippen LogP contribution in [0.15, 0.2) is 18.7 Å². The van der Waals surface area contributed by atoms with Gasteiger partial charge in [0.25, 0.3) is 0 Å². The summed E-state index contributed by atoms with van der Waals surface area (Å²) in [7, 11) is 0. The second-order valence-corrected chi connectivity index (χ2v) is 5.56. The number of carbonyl (C=O) groups is 1. The maximum Gasteiger partial charge on any atom is 0.596 e. The van der Waals surface area contributed by atoms with Crippen LogP contribution in [0.3, 0.4) is 0 Å². The van der Waals surface area contributed by atoms with Crippen molar-refractivity contribution in [3.8, 4) is 0 Å². The topological polar surface area (TPSA) is 47.1 Å². The summed E-state index contributed by atoms with van der Waals surface area (Å²) in [4.78, 5) is 16.1. The summed E-state index contributed by atoms with van der Waals surface area (Å²) in [5, 5.41) is 0. The van der Waals surface area contributed by atoms with E-state index >= 15 is 0 Å². The van der Waals surface area contributed by atoms with Crippen LogP contribution >= 0.6 is 0 Å². The monoisotopic (exact) mass is 250 g/mol. The summed E-state index contributed by atoms with van der Waals surface area (Å²) in [6, 6.07) is 0.161. The highest BCUT2D eigenvalue weighted by molar-refractivity contribution is 5.67. The van der Waals surface area contributed by atoms with Gasteiger partial charge in [0.2, 0.25) is 0 Å². The molecule has 1 aromatic heterocycles. The van der Waals surface area contributed by atoms with Crippen molar-refractivity contribution < 1.29 is 14.1 Å². The summed E-state index contributed by atoms with van der Waals surface area (Å²) >= 11 is 0. The zero-order valence-electron chi connectivity index (χ0n) is 11.2. The lowest BCUT2D eigenvalue weighted by Gasteiger charge is -2.18. The van der Waals surface area contributed by atoms with Crippen LogP contribution in [0, 0.1) is 0 Å². The van der Waals surface area contributed by atoms with E-state index < -0.39 is 5.60 Å². The summed E-state index contributed by atoms with van der Waals surface area (Å²) in [6.45, 7) is 6.40. The first kappa shape index (κ1) is 12.8. The molecule has 2 rings (SSSR count). The zero-order chi connectivity index (χ0) is 13.2. The van der Waals surface area contributed by atoms with Gasteiger partial charge >= 0.3 is 6.09 Å². The molecule has 0 bridgehead atoms. The van der Waals surface area contributed by atoms with E-state index in [1.54, 1.807) is 17.1 Å². The maximum atomic E-state index is 12.0. The SMILES string of the molecule is CC(C)(C)OC(=O)[N+]1=CCC[C@H]1Cn1ccnc1. The van der Waals surface area contributed by atoms with Crippen molar-refractivity contribution in [3.63, 3.8) is 0 Å². The van der Waals surface area contributed by atoms with Gasteiger partial charge in [-0.3, -0.25) is 0 Å². The van der Waals surface area contributed by atoms with Crippen molar-refractivity contribution in [1.82, 2.24) is 9.55 Å². The average molecular weight is 250 g/mol. The molecule has 98 valence electrons. The molecule has 1 amide bonds. The molecule has 0 spiro atoms. The van der Waals surface area contributed by atoms with Gasteiger partial charge in [0.15, 0.2) is 12.3 Å². The molecule has 0 unspecified atom stereocenters. The molecule has 0 fully saturated rings. The van der Waals surface area contributed by atoms with E-state index in [1.165, 1.54) is 0 Å². The smallest absolute Gasteiger partial charge is 0.406 e. The minimum absolute atomic E-state index is 0.161. The zero-order valence-corrected chi connectivity index (χ0v) is 11.2. The maximum absolute atomic E-state index is 12.0. The molecule has 5 nitrogen and oxygen atoms in total. The summed E-state index contributed by atoms with van der Waals surface area (Å²) in [6.07, 6.45) is 8.98. The van der Waals surface area contributed by atoms with E-state index in [2.05, 4.69) is 4.98 Å². The fourth-order valence-electron chi connectivity index (χ4n) is 2.05. The second-order valence-electron chi connectivity index (χ2n) is 5.56. The highest BCUT2D eigenvalue weighted by Crippen LogP contribution is 2.15. The molecule has 5 heteroatoms. The lowest BCUT2D eigenvalue weighted by atomic mass is 10.2. The van der Waals surface area contributed by atoms with Crippen LogP contribution in [0.2, 0.25) is 0 Å². The normalized spacial score (nSPS) is 19.7. The average Bonchev–Trinajstić information content (AvgIpc) is 2.86. The third-order valence-corrected chi connectivity index (χ3v) is 2.80. The number of amides is 1. The standard InChI is InChI=1S/C13H20N3O2/c1-13(2,3)18-12(17)16-7-4-5-11(16)9-15-8-6-14-10-15/h6-8,10-11H,4-5,9H2,1-3H3/q+1/t11-/m0/s1. The Morgan fingerprint density at radius 3 is 2.94 bits per heavy atom. The van der Waals surface area contributed by atoms with Crippen molar-refractivity contribution >= 4 is 12.3 Å². The van der Waals surface area contributed by atoms with Crippen molar-refractivity contribution in [2.45, 2.75) is 51.8 Å². The molecule has 0 saturated heterocycles. The van der Waals surface area contributed by atoms with Crippen molar-refractivity contribution in [2.75, 3.05) is 0 Å². The van der Waals surface area contributed by atoms with E-state index in [9.17, 15) is 4.79 Å². The van der Waals surface area contributed by atoms with E-state index in [1.807, 2.05) is 37.7 Å². The molecule has 18 heavy (non-hydrogen) atoms. The Morgan fingerprint density at radius 2 is 2.33 bits per heavy atom. The highest BCUT2D eigenvalue weighted by atomic mass is 16.6. The third-order valence-electron chi connectivity index (χ3n) is 2.80. The highest BCUT2D eigenvalue weighted by Gasteiger charge is 2.36. The van der Waals surface area contributed by atoms with Crippen LogP contribution in [-0.4, -0.2) is 38.1 Å². The van der Waals surface area contributed by atoms with E-state index in [0.717, 1.165) is 19.4 Å². The van der Waals surface area contributed by atoms with Gasteiger partial charge in [-0.25, -0.2) is 4.98 Å². The summed E-state index contributed by atoms with van der Waals surface area (Å²) in [5.41, 5.74) is -0.451. The Balaban J connectivity index is 2.01. The Hall–Kier alpha value is -1.65. The van der Waals surface area contributed by atoms with Gasteiger partial charge in [0.1, 0.15) is 5.60 Å². The van der Waals surface area contributed by atoms with Crippen molar-refractivity contribution in [1.29, 1.82) is 0 Å². The lowest BCUT2D eigenvalue weighted by molar-refractivity contribution is -0.481. The largest absolute Gasteiger partial charge is 0.596 e. The van der Waals surface area contributed by atoms with Crippen LogP contribution in [0.1, 0.15) is 33.6 Å². The second kappa shape index (κ2) is 4.92. The Morgan fingerprint density at radius 1 is 1.56 bits per heavy atom. The van der Waals surface area contributed by atoms with Gasteiger partial charge in [-0.05, 0) is 20.8 Å². The number of nitrogens with zero attached hydrogens (tertiary/aromatic N) is 3. The molecule has 0 aliphatic carbocycles. The Kier molecular flexibility index (Phi) is 3.50. The first-order valence-corrected chi connectivity index (χ1v) is 6.26. The van der Waals surface area contributed by atoms with Gasteiger partial charge < -0.3 is 9.30 Å². The molecule has 1 atom stereocenters. The van der Waals surface area contributed by atoms with Gasteiger partial charge in [0.05, 0.1) is 12.9 Å². The van der Waals surface area contributed by atoms with Gasteiger partial charge in [-0.15, -0.1) is 4.58 Å². The quantitative estimate of drug-likeness (QED) is 0.755.